The number of esters is 1. The summed E-state index contributed by atoms with van der Waals surface area (Å²) in [5.74, 6) is -0.105. The van der Waals surface area contributed by atoms with Crippen molar-refractivity contribution < 1.29 is 19.4 Å². The zero-order valence-electron chi connectivity index (χ0n) is 10.7. The minimum absolute atomic E-state index is 0.0264. The van der Waals surface area contributed by atoms with Crippen molar-refractivity contribution in [3.05, 3.63) is 0 Å². The van der Waals surface area contributed by atoms with E-state index in [0.717, 1.165) is 25.7 Å². The molecule has 0 aromatic heterocycles. The highest BCUT2D eigenvalue weighted by molar-refractivity contribution is 5.81. The number of rotatable bonds is 3. The Morgan fingerprint density at radius 2 is 1.94 bits per heavy atom. The smallest absolute Gasteiger partial charge is 0.344 e. The van der Waals surface area contributed by atoms with Gasteiger partial charge in [0, 0.05) is 0 Å². The number of hydrogen-bond donors (Lipinski definition) is 0. The Morgan fingerprint density at radius 1 is 1.17 bits per heavy atom. The average molecular weight is 253 g/mol. The van der Waals surface area contributed by atoms with Gasteiger partial charge in [0.1, 0.15) is 6.10 Å². The Hall–Kier alpha value is -0.610. The second-order valence-corrected chi connectivity index (χ2v) is 5.98. The van der Waals surface area contributed by atoms with Crippen molar-refractivity contribution in [1.29, 1.82) is 0 Å². The molecule has 3 fully saturated rings. The summed E-state index contributed by atoms with van der Waals surface area (Å²) >= 11 is 0. The minimum Gasteiger partial charge on any atom is -0.463 e. The van der Waals surface area contributed by atoms with E-state index in [1.165, 1.54) is 19.3 Å². The summed E-state index contributed by atoms with van der Waals surface area (Å²) in [5.41, 5.74) is -1.61. The lowest BCUT2D eigenvalue weighted by molar-refractivity contribution is -0.180. The van der Waals surface area contributed by atoms with Crippen molar-refractivity contribution in [3.63, 3.8) is 0 Å². The third kappa shape index (κ3) is 2.28. The maximum absolute atomic E-state index is 12.5. The lowest BCUT2D eigenvalue weighted by Gasteiger charge is -2.27. The first kappa shape index (κ1) is 12.4. The molecule has 1 heterocycles. The topological polar surface area (TPSA) is 58.7 Å². The van der Waals surface area contributed by atoms with E-state index < -0.39 is 17.7 Å². The van der Waals surface area contributed by atoms with E-state index in [9.17, 15) is 9.90 Å². The number of carbonyl (C=O) groups excluding carboxylic acids is 1. The zero-order valence-corrected chi connectivity index (χ0v) is 10.7. The van der Waals surface area contributed by atoms with Crippen LogP contribution in [0.3, 0.4) is 0 Å². The first-order chi connectivity index (χ1) is 8.70. The van der Waals surface area contributed by atoms with Crippen molar-refractivity contribution in [3.8, 4) is 0 Å². The molecule has 1 saturated heterocycles. The first-order valence-electron chi connectivity index (χ1n) is 7.23. The summed E-state index contributed by atoms with van der Waals surface area (Å²) in [4.78, 5) is 12.0. The highest BCUT2D eigenvalue weighted by atomic mass is 16.6. The molecule has 2 aliphatic carbocycles. The van der Waals surface area contributed by atoms with Crippen LogP contribution >= 0.6 is 0 Å². The predicted octanol–water partition coefficient (Wildman–Crippen LogP) is 2.23. The second-order valence-electron chi connectivity index (χ2n) is 5.98. The van der Waals surface area contributed by atoms with Crippen LogP contribution in [0.1, 0.15) is 51.4 Å². The summed E-state index contributed by atoms with van der Waals surface area (Å²) in [5, 5.41) is 12.5. The Morgan fingerprint density at radius 3 is 2.72 bits per heavy atom. The third-order valence-electron chi connectivity index (χ3n) is 4.60. The lowest BCUT2D eigenvalue weighted by Crippen LogP contribution is -2.47. The van der Waals surface area contributed by atoms with E-state index in [1.807, 2.05) is 0 Å². The number of carbonyl (C=O) groups is 1. The normalized spacial score (nSPS) is 40.1. The van der Waals surface area contributed by atoms with E-state index in [0.29, 0.717) is 18.9 Å². The van der Waals surface area contributed by atoms with Crippen molar-refractivity contribution in [2.75, 3.05) is 6.61 Å². The molecular weight excluding hydrogens is 232 g/mol. The molecule has 3 rings (SSSR count). The number of ether oxygens (including phenoxy) is 2. The molecule has 18 heavy (non-hydrogen) atoms. The third-order valence-corrected chi connectivity index (χ3v) is 4.60. The average Bonchev–Trinajstić information content (AvgIpc) is 3.18. The second kappa shape index (κ2) is 4.82. The molecule has 0 N–H and O–H groups in total. The van der Waals surface area contributed by atoms with Crippen LogP contribution in [0.5, 0.6) is 0 Å². The van der Waals surface area contributed by atoms with Crippen LogP contribution < -0.4 is 0 Å². The molecular formula is C14H21O4. The molecule has 101 valence electrons. The van der Waals surface area contributed by atoms with Crippen LogP contribution in [-0.2, 0) is 19.4 Å². The van der Waals surface area contributed by atoms with Crippen LogP contribution in [-0.4, -0.2) is 30.4 Å². The van der Waals surface area contributed by atoms with Gasteiger partial charge in [0.05, 0.1) is 12.7 Å². The van der Waals surface area contributed by atoms with Crippen LogP contribution in [0.15, 0.2) is 0 Å². The highest BCUT2D eigenvalue weighted by Gasteiger charge is 2.62. The fraction of sp³-hybridized carbons (Fsp3) is 0.929. The van der Waals surface area contributed by atoms with E-state index in [4.69, 9.17) is 9.47 Å². The van der Waals surface area contributed by atoms with Crippen LogP contribution in [0.25, 0.3) is 0 Å². The van der Waals surface area contributed by atoms with Crippen molar-refractivity contribution >= 4 is 5.97 Å². The fourth-order valence-corrected chi connectivity index (χ4v) is 3.37. The monoisotopic (exact) mass is 253 g/mol. The van der Waals surface area contributed by atoms with Crippen molar-refractivity contribution in [1.82, 2.24) is 0 Å². The predicted molar refractivity (Wildman–Crippen MR) is 63.5 cm³/mol. The zero-order chi connectivity index (χ0) is 12.6. The summed E-state index contributed by atoms with van der Waals surface area (Å²) in [6, 6.07) is 0. The quantitative estimate of drug-likeness (QED) is 0.572. The van der Waals surface area contributed by atoms with E-state index >= 15 is 0 Å². The Kier molecular flexibility index (Phi) is 3.32. The van der Waals surface area contributed by atoms with Gasteiger partial charge in [-0.2, -0.15) is 0 Å². The Balaban J connectivity index is 1.51. The molecule has 0 bridgehead atoms. The molecule has 3 unspecified atom stereocenters. The molecule has 0 aromatic carbocycles. The molecule has 0 amide bonds. The lowest BCUT2D eigenvalue weighted by atomic mass is 9.85. The SMILES string of the molecule is [O]C1(C(=O)OCC2CCCCC2)CCCC2OC21. The van der Waals surface area contributed by atoms with Gasteiger partial charge < -0.3 is 9.47 Å². The van der Waals surface area contributed by atoms with Crippen LogP contribution in [0.4, 0.5) is 0 Å². The van der Waals surface area contributed by atoms with E-state index in [2.05, 4.69) is 0 Å². The van der Waals surface area contributed by atoms with Gasteiger partial charge in [-0.1, -0.05) is 19.3 Å². The first-order valence-corrected chi connectivity index (χ1v) is 7.23. The van der Waals surface area contributed by atoms with Gasteiger partial charge in [-0.05, 0) is 38.0 Å². The fourth-order valence-electron chi connectivity index (χ4n) is 3.37. The van der Waals surface area contributed by atoms with Crippen LogP contribution in [0, 0.1) is 5.92 Å². The number of hydrogen-bond acceptors (Lipinski definition) is 3. The van der Waals surface area contributed by atoms with Gasteiger partial charge >= 0.3 is 5.97 Å². The van der Waals surface area contributed by atoms with Gasteiger partial charge in [-0.15, -0.1) is 0 Å². The van der Waals surface area contributed by atoms with Gasteiger partial charge in [-0.3, -0.25) is 0 Å². The van der Waals surface area contributed by atoms with Gasteiger partial charge in [0.2, 0.25) is 5.60 Å². The minimum atomic E-state index is -1.61. The summed E-state index contributed by atoms with van der Waals surface area (Å²) < 4.78 is 10.6. The Labute approximate surface area is 108 Å². The number of epoxide rings is 1. The molecule has 1 radical (unpaired) electrons. The number of fused-ring (bicyclic) bond motifs is 1. The van der Waals surface area contributed by atoms with Gasteiger partial charge in [0.15, 0.2) is 0 Å². The van der Waals surface area contributed by atoms with Crippen molar-refractivity contribution in [2.24, 2.45) is 5.92 Å². The molecule has 0 spiro atoms. The summed E-state index contributed by atoms with van der Waals surface area (Å²) in [6.45, 7) is 0.431. The molecule has 4 nitrogen and oxygen atoms in total. The standard InChI is InChI=1S/C14H21O4/c15-13(17-9-10-5-2-1-3-6-10)14(16)8-4-7-11-12(14)18-11/h10-12H,1-9H2. The Bertz CT molecular complexity index is 324. The molecule has 1 aliphatic heterocycles. The van der Waals surface area contributed by atoms with Crippen LogP contribution in [0.2, 0.25) is 0 Å². The molecule has 3 aliphatic rings. The van der Waals surface area contributed by atoms with Gasteiger partial charge in [0.25, 0.3) is 0 Å². The maximum Gasteiger partial charge on any atom is 0.344 e. The molecule has 3 atom stereocenters. The highest BCUT2D eigenvalue weighted by Crippen LogP contribution is 2.44. The van der Waals surface area contributed by atoms with E-state index in [-0.39, 0.29) is 6.10 Å². The van der Waals surface area contributed by atoms with E-state index in [1.54, 1.807) is 0 Å². The molecule has 4 heteroatoms. The molecule has 0 aromatic rings. The van der Waals surface area contributed by atoms with Gasteiger partial charge in [-0.25, -0.2) is 9.90 Å². The summed E-state index contributed by atoms with van der Waals surface area (Å²) in [7, 11) is 0. The maximum atomic E-state index is 12.5. The van der Waals surface area contributed by atoms with Crippen molar-refractivity contribution in [2.45, 2.75) is 69.2 Å². The molecule has 2 saturated carbocycles. The summed E-state index contributed by atoms with van der Waals surface area (Å²) in [6.07, 6.45) is 7.67. The largest absolute Gasteiger partial charge is 0.463 e.